The summed E-state index contributed by atoms with van der Waals surface area (Å²) in [7, 11) is 1.56. The van der Waals surface area contributed by atoms with Gasteiger partial charge in [-0.05, 0) is 68.0 Å². The van der Waals surface area contributed by atoms with Crippen LogP contribution in [0.3, 0.4) is 0 Å². The molecule has 0 amide bonds. The van der Waals surface area contributed by atoms with Crippen molar-refractivity contribution in [1.29, 1.82) is 0 Å². The second-order valence-electron chi connectivity index (χ2n) is 13.9. The molecule has 11 nitrogen and oxygen atoms in total. The number of methoxy groups -OCH3 is 1. The van der Waals surface area contributed by atoms with Gasteiger partial charge in [-0.15, -0.1) is 0 Å². The van der Waals surface area contributed by atoms with E-state index in [2.05, 4.69) is 9.80 Å². The van der Waals surface area contributed by atoms with Crippen molar-refractivity contribution < 1.29 is 37.7 Å². The van der Waals surface area contributed by atoms with Crippen molar-refractivity contribution in [2.45, 2.75) is 57.9 Å². The number of likely N-dealkylation sites (tertiary alicyclic amines) is 2. The highest BCUT2D eigenvalue weighted by Crippen LogP contribution is 2.48. The molecule has 276 valence electrons. The number of benzene rings is 3. The predicted molar refractivity (Wildman–Crippen MR) is 193 cm³/mol. The number of rotatable bonds is 10. The van der Waals surface area contributed by atoms with Crippen LogP contribution < -0.4 is 9.47 Å². The first-order chi connectivity index (χ1) is 25.6. The summed E-state index contributed by atoms with van der Waals surface area (Å²) in [5, 5.41) is 19.9. The number of carboxylic acids is 1. The normalized spacial score (nSPS) is 20.5. The zero-order valence-corrected chi connectivity index (χ0v) is 29.9. The van der Waals surface area contributed by atoms with Crippen molar-refractivity contribution in [1.82, 2.24) is 24.8 Å². The number of halogens is 3. The van der Waals surface area contributed by atoms with Crippen LogP contribution in [0.4, 0.5) is 8.78 Å². The minimum absolute atomic E-state index is 0.0425. The number of oxazole rings is 1. The lowest BCUT2D eigenvalue weighted by molar-refractivity contribution is -0.141. The number of aromatic nitrogens is 3. The molecule has 2 saturated heterocycles. The lowest BCUT2D eigenvalue weighted by Crippen LogP contribution is -2.26. The van der Waals surface area contributed by atoms with Gasteiger partial charge >= 0.3 is 12.6 Å². The molecule has 5 aromatic rings. The van der Waals surface area contributed by atoms with Crippen molar-refractivity contribution in [3.8, 4) is 45.5 Å². The van der Waals surface area contributed by atoms with Crippen molar-refractivity contribution in [3.63, 3.8) is 0 Å². The van der Waals surface area contributed by atoms with Crippen LogP contribution in [0, 0.1) is 12.8 Å². The second-order valence-corrected chi connectivity index (χ2v) is 14.3. The van der Waals surface area contributed by atoms with Gasteiger partial charge in [0.2, 0.25) is 11.8 Å². The number of hydrogen-bond acceptors (Lipinski definition) is 10. The molecular weight excluding hydrogens is 708 g/mol. The monoisotopic (exact) mass is 745 g/mol. The molecule has 14 heteroatoms. The zero-order chi connectivity index (χ0) is 37.0. The number of aliphatic hydroxyl groups is 1. The topological polar surface area (TPSA) is 134 Å². The van der Waals surface area contributed by atoms with Crippen molar-refractivity contribution in [2.75, 3.05) is 33.3 Å². The number of carbonyl (C=O) groups is 1. The van der Waals surface area contributed by atoms with E-state index in [1.54, 1.807) is 19.4 Å². The molecule has 0 saturated carbocycles. The third-order valence-electron chi connectivity index (χ3n) is 10.8. The van der Waals surface area contributed by atoms with Crippen molar-refractivity contribution in [2.24, 2.45) is 5.92 Å². The van der Waals surface area contributed by atoms with Gasteiger partial charge in [0.1, 0.15) is 11.2 Å². The van der Waals surface area contributed by atoms with E-state index in [1.807, 2.05) is 43.3 Å². The number of alkyl halides is 2. The van der Waals surface area contributed by atoms with Crippen molar-refractivity contribution in [3.05, 3.63) is 76.1 Å². The summed E-state index contributed by atoms with van der Waals surface area (Å²) in [6, 6.07) is 13.0. The molecule has 53 heavy (non-hydrogen) atoms. The Hall–Kier alpha value is -4.69. The maximum absolute atomic E-state index is 13.8. The lowest BCUT2D eigenvalue weighted by Gasteiger charge is -2.24. The smallest absolute Gasteiger partial charge is 0.387 e. The van der Waals surface area contributed by atoms with E-state index in [9.17, 15) is 23.8 Å². The van der Waals surface area contributed by atoms with Crippen LogP contribution in [0.25, 0.3) is 44.9 Å². The first-order valence-corrected chi connectivity index (χ1v) is 18.0. The number of ether oxygens (including phenoxy) is 2. The van der Waals surface area contributed by atoms with Crippen LogP contribution >= 0.6 is 11.6 Å². The molecular formula is C39H38ClF2N5O6. The molecule has 0 radical (unpaired) electrons. The average Bonchev–Trinajstić information content (AvgIpc) is 3.95. The van der Waals surface area contributed by atoms with Gasteiger partial charge < -0.3 is 24.1 Å². The number of aliphatic hydroxyl groups excluding tert-OH is 1. The van der Waals surface area contributed by atoms with Gasteiger partial charge in [0.25, 0.3) is 0 Å². The summed E-state index contributed by atoms with van der Waals surface area (Å²) in [5.74, 6) is -0.761. The maximum Gasteiger partial charge on any atom is 0.387 e. The Kier molecular flexibility index (Phi) is 9.52. The Labute approximate surface area is 309 Å². The molecule has 2 N–H and O–H groups in total. The summed E-state index contributed by atoms with van der Waals surface area (Å²) in [6.07, 6.45) is 3.78. The molecule has 0 bridgehead atoms. The first kappa shape index (κ1) is 35.3. The lowest BCUT2D eigenvalue weighted by atomic mass is 9.94. The fraction of sp³-hybridized carbons (Fsp3) is 0.385. The molecule has 0 unspecified atom stereocenters. The van der Waals surface area contributed by atoms with Gasteiger partial charge in [-0.25, -0.2) is 9.97 Å². The van der Waals surface area contributed by atoms with E-state index in [1.165, 1.54) is 0 Å². The highest BCUT2D eigenvalue weighted by molar-refractivity contribution is 6.36. The summed E-state index contributed by atoms with van der Waals surface area (Å²) < 4.78 is 44.6. The van der Waals surface area contributed by atoms with E-state index < -0.39 is 18.5 Å². The zero-order valence-electron chi connectivity index (χ0n) is 29.2. The molecule has 2 fully saturated rings. The third-order valence-corrected chi connectivity index (χ3v) is 11.2. The Balaban J connectivity index is 1.14. The first-order valence-electron chi connectivity index (χ1n) is 17.7. The highest BCUT2D eigenvalue weighted by atomic mass is 35.5. The maximum atomic E-state index is 13.8. The largest absolute Gasteiger partial charge is 0.481 e. The van der Waals surface area contributed by atoms with E-state index in [4.69, 9.17) is 40.4 Å². The number of carboxylic acid groups (broad SMARTS) is 1. The standard InChI is InChI=1S/C39H38ClF2N5O6/c1-20-23(5-3-6-24(20)30-16-43-31(37(45-30)51-2)19-46-13-12-22(48)18-46)25-7-4-8-27(33(25)40)36-44-29-15-28-26(34(35(29)52-36)53-39(41)42)9-10-32(28)47-14-11-21(17-47)38(49)50/h3-8,15-16,21-22,32,39,48H,9-14,17-19H2,1-2H3,(H,49,50)/t21-,22-,32-/m1/s1. The van der Waals surface area contributed by atoms with Gasteiger partial charge in [-0.3, -0.25) is 19.6 Å². The minimum atomic E-state index is -3.08. The van der Waals surface area contributed by atoms with Crippen LogP contribution in [-0.4, -0.2) is 86.9 Å². The molecule has 3 aliphatic rings. The highest BCUT2D eigenvalue weighted by Gasteiger charge is 2.38. The van der Waals surface area contributed by atoms with Crippen LogP contribution in [0.15, 0.2) is 53.1 Å². The fourth-order valence-corrected chi connectivity index (χ4v) is 8.45. The Morgan fingerprint density at radius 3 is 2.55 bits per heavy atom. The van der Waals surface area contributed by atoms with Gasteiger partial charge in [0, 0.05) is 48.9 Å². The molecule has 4 heterocycles. The third kappa shape index (κ3) is 6.60. The number of nitrogens with zero attached hydrogens (tertiary/aromatic N) is 5. The molecule has 0 spiro atoms. The molecule has 1 aliphatic carbocycles. The number of aliphatic carboxylic acids is 1. The fourth-order valence-electron chi connectivity index (χ4n) is 8.14. The molecule has 8 rings (SSSR count). The van der Waals surface area contributed by atoms with Crippen LogP contribution in [0.2, 0.25) is 5.02 Å². The molecule has 3 atom stereocenters. The van der Waals surface area contributed by atoms with Crippen LogP contribution in [-0.2, 0) is 17.8 Å². The summed E-state index contributed by atoms with van der Waals surface area (Å²) in [4.78, 5) is 30.1. The molecule has 3 aromatic carbocycles. The van der Waals surface area contributed by atoms with Gasteiger partial charge in [-0.2, -0.15) is 8.78 Å². The van der Waals surface area contributed by atoms with E-state index >= 15 is 0 Å². The van der Waals surface area contributed by atoms with Crippen LogP contribution in [0.5, 0.6) is 11.6 Å². The molecule has 2 aliphatic heterocycles. The quantitative estimate of drug-likeness (QED) is 0.151. The average molecular weight is 746 g/mol. The number of β-amino-alcohol motifs (C(OH)–C–C–N with tert-alkyl or cyclic N) is 1. The minimum Gasteiger partial charge on any atom is -0.481 e. The van der Waals surface area contributed by atoms with E-state index in [0.29, 0.717) is 89.9 Å². The Morgan fingerprint density at radius 2 is 1.83 bits per heavy atom. The van der Waals surface area contributed by atoms with Crippen LogP contribution in [0.1, 0.15) is 47.7 Å². The van der Waals surface area contributed by atoms with Gasteiger partial charge in [0.05, 0.1) is 41.6 Å². The summed E-state index contributed by atoms with van der Waals surface area (Å²) in [6.45, 7) is 1.78. The summed E-state index contributed by atoms with van der Waals surface area (Å²) >= 11 is 7.13. The Bertz CT molecular complexity index is 2220. The molecule has 2 aromatic heterocycles. The van der Waals surface area contributed by atoms with Gasteiger partial charge in [-0.1, -0.05) is 41.9 Å². The van der Waals surface area contributed by atoms with E-state index in [-0.39, 0.29) is 29.4 Å². The predicted octanol–water partition coefficient (Wildman–Crippen LogP) is 7.15. The number of hydrogen-bond donors (Lipinski definition) is 2. The second kappa shape index (κ2) is 14.3. The van der Waals surface area contributed by atoms with Crippen molar-refractivity contribution >= 4 is 28.7 Å². The van der Waals surface area contributed by atoms with Gasteiger partial charge in [0.15, 0.2) is 11.3 Å². The SMILES string of the molecule is COc1nc(-c2cccc(-c3cccc(-c4nc5cc6c(c(OC(F)F)c5o4)CC[C@H]6N4CC[C@@H](C(=O)O)C4)c3Cl)c2C)cnc1CN1CC[C@@H](O)C1. The summed E-state index contributed by atoms with van der Waals surface area (Å²) in [5.41, 5.74) is 6.98. The number of fused-ring (bicyclic) bond motifs is 2. The van der Waals surface area contributed by atoms with E-state index in [0.717, 1.165) is 35.2 Å². The Morgan fingerprint density at radius 1 is 1.06 bits per heavy atom.